The maximum absolute atomic E-state index is 9.89. The molecule has 0 spiro atoms. The van der Waals surface area contributed by atoms with Crippen molar-refractivity contribution in [1.29, 1.82) is 0 Å². The van der Waals surface area contributed by atoms with E-state index in [2.05, 4.69) is 26.6 Å². The molecule has 1 aliphatic rings. The molecular weight excluding hydrogens is 195 g/mol. The van der Waals surface area contributed by atoms with Crippen molar-refractivity contribution in [3.63, 3.8) is 0 Å². The fourth-order valence-electron chi connectivity index (χ4n) is 1.81. The van der Waals surface area contributed by atoms with Crippen LogP contribution in [0.2, 0.25) is 0 Å². The number of hydrogen-bond donors (Lipinski definition) is 1. The van der Waals surface area contributed by atoms with Gasteiger partial charge in [0.05, 0.1) is 18.3 Å². The molecule has 0 amide bonds. The quantitative estimate of drug-likeness (QED) is 0.733. The van der Waals surface area contributed by atoms with E-state index in [4.69, 9.17) is 4.74 Å². The molecule has 0 aromatic carbocycles. The van der Waals surface area contributed by atoms with Crippen molar-refractivity contribution in [2.24, 2.45) is 5.92 Å². The highest BCUT2D eigenvalue weighted by molar-refractivity contribution is 7.72. The number of aliphatic hydroxyl groups excluding tert-OH is 1. The van der Waals surface area contributed by atoms with Crippen LogP contribution >= 0.6 is 6.89 Å². The third-order valence-corrected chi connectivity index (χ3v) is 4.54. The van der Waals surface area contributed by atoms with E-state index in [1.54, 1.807) is 0 Å². The molecule has 0 bridgehead atoms. The lowest BCUT2D eigenvalue weighted by Gasteiger charge is -2.18. The fourth-order valence-corrected chi connectivity index (χ4v) is 2.77. The highest BCUT2D eigenvalue weighted by Crippen LogP contribution is 2.38. The van der Waals surface area contributed by atoms with Crippen LogP contribution in [0.1, 0.15) is 20.3 Å². The van der Waals surface area contributed by atoms with Gasteiger partial charge in [-0.2, -0.15) is 0 Å². The number of hydrogen-bond acceptors (Lipinski definition) is 2. The number of ether oxygens (including phenoxy) is 1. The van der Waals surface area contributed by atoms with Gasteiger partial charge in [-0.25, -0.2) is 0 Å². The van der Waals surface area contributed by atoms with Crippen molar-refractivity contribution in [2.45, 2.75) is 38.6 Å². The lowest BCUT2D eigenvalue weighted by Crippen LogP contribution is -2.26. The molecule has 84 valence electrons. The van der Waals surface area contributed by atoms with Gasteiger partial charge in [0.25, 0.3) is 0 Å². The van der Waals surface area contributed by atoms with Crippen molar-refractivity contribution in [3.05, 3.63) is 0 Å². The van der Waals surface area contributed by atoms with E-state index in [0.717, 1.165) is 12.6 Å². The highest BCUT2D eigenvalue weighted by atomic mass is 31.2. The van der Waals surface area contributed by atoms with E-state index >= 15 is 0 Å². The Balaban J connectivity index is 2.44. The monoisotopic (exact) mass is 218 g/mol. The molecule has 0 aromatic rings. The summed E-state index contributed by atoms with van der Waals surface area (Å²) in [7, 11) is 0. The molecule has 14 heavy (non-hydrogen) atoms. The Bertz CT molecular complexity index is 233. The van der Waals surface area contributed by atoms with E-state index in [0.29, 0.717) is 0 Å². The summed E-state index contributed by atoms with van der Waals surface area (Å²) in [6.45, 7) is 7.57. The Hall–Kier alpha value is 0.220. The van der Waals surface area contributed by atoms with Crippen molar-refractivity contribution < 1.29 is 9.84 Å². The topological polar surface area (TPSA) is 29.5 Å². The fraction of sp³-hybridized carbons (Fsp3) is 0.909. The molecule has 4 atom stereocenters. The predicted octanol–water partition coefficient (Wildman–Crippen LogP) is 1.87. The minimum Gasteiger partial charge on any atom is -0.390 e. The standard InChI is InChI=1S/C11H23O2P/c1-8-9(2)13-10(11(8)12)6-7-14(3,4)5/h8-12H,3,6-7H2,1-2,4-5H3/t8?,9-,10+,11-/m0/s1. The molecule has 1 unspecified atom stereocenters. The van der Waals surface area contributed by atoms with E-state index in [1.807, 2.05) is 6.92 Å². The minimum atomic E-state index is -0.975. The zero-order valence-electron chi connectivity index (χ0n) is 9.73. The van der Waals surface area contributed by atoms with Gasteiger partial charge >= 0.3 is 0 Å². The Kier molecular flexibility index (Phi) is 3.85. The van der Waals surface area contributed by atoms with Gasteiger partial charge in [-0.3, -0.25) is 0 Å². The van der Waals surface area contributed by atoms with Crippen LogP contribution in [0.5, 0.6) is 0 Å². The van der Waals surface area contributed by atoms with Crippen LogP contribution in [0, 0.1) is 5.92 Å². The maximum atomic E-state index is 9.89. The van der Waals surface area contributed by atoms with Gasteiger partial charge in [-0.1, -0.05) is 6.92 Å². The Morgan fingerprint density at radius 1 is 1.36 bits per heavy atom. The molecule has 1 aliphatic heterocycles. The Labute approximate surface area is 87.6 Å². The summed E-state index contributed by atoms with van der Waals surface area (Å²) in [5.74, 6) is 0.270. The van der Waals surface area contributed by atoms with Crippen LogP contribution in [0.3, 0.4) is 0 Å². The van der Waals surface area contributed by atoms with Crippen LogP contribution in [-0.4, -0.2) is 49.2 Å². The molecule has 1 fully saturated rings. The molecule has 0 saturated carbocycles. The molecule has 0 radical (unpaired) electrons. The van der Waals surface area contributed by atoms with Gasteiger partial charge < -0.3 is 9.84 Å². The van der Waals surface area contributed by atoms with Gasteiger partial charge in [0.15, 0.2) is 0 Å². The minimum absolute atomic E-state index is 0.0426. The molecule has 1 saturated heterocycles. The van der Waals surface area contributed by atoms with Gasteiger partial charge in [0.2, 0.25) is 0 Å². The second-order valence-corrected chi connectivity index (χ2v) is 9.50. The van der Waals surface area contributed by atoms with Crippen LogP contribution in [0.15, 0.2) is 0 Å². The van der Waals surface area contributed by atoms with Crippen molar-refractivity contribution in [1.82, 2.24) is 0 Å². The number of aliphatic hydroxyl groups is 1. The molecular formula is C11H23O2P. The average molecular weight is 218 g/mol. The van der Waals surface area contributed by atoms with Crippen LogP contribution in [0.4, 0.5) is 0 Å². The summed E-state index contributed by atoms with van der Waals surface area (Å²) >= 11 is 0. The first-order valence-electron chi connectivity index (χ1n) is 5.32. The first-order valence-corrected chi connectivity index (χ1v) is 8.37. The van der Waals surface area contributed by atoms with Crippen LogP contribution < -0.4 is 0 Å². The zero-order chi connectivity index (χ0) is 10.9. The van der Waals surface area contributed by atoms with Crippen LogP contribution in [-0.2, 0) is 4.74 Å². The Morgan fingerprint density at radius 3 is 2.29 bits per heavy atom. The summed E-state index contributed by atoms with van der Waals surface area (Å²) in [4.78, 5) is 0. The summed E-state index contributed by atoms with van der Waals surface area (Å²) in [6.07, 6.45) is 6.19. The lowest BCUT2D eigenvalue weighted by atomic mass is 9.98. The van der Waals surface area contributed by atoms with E-state index in [9.17, 15) is 5.11 Å². The third kappa shape index (κ3) is 3.12. The summed E-state index contributed by atoms with van der Waals surface area (Å²) in [6, 6.07) is 0. The second kappa shape index (κ2) is 4.38. The third-order valence-electron chi connectivity index (χ3n) is 3.07. The van der Waals surface area contributed by atoms with Gasteiger partial charge in [-0.15, -0.1) is 13.2 Å². The maximum Gasteiger partial charge on any atom is 0.0852 e. The van der Waals surface area contributed by atoms with Crippen molar-refractivity contribution in [3.8, 4) is 0 Å². The molecule has 0 aliphatic carbocycles. The first kappa shape index (κ1) is 12.3. The second-order valence-electron chi connectivity index (χ2n) is 5.18. The molecule has 1 rings (SSSR count). The first-order chi connectivity index (χ1) is 6.31. The smallest absolute Gasteiger partial charge is 0.0852 e. The van der Waals surface area contributed by atoms with E-state index in [-0.39, 0.29) is 24.2 Å². The molecule has 1 N–H and O–H groups in total. The highest BCUT2D eigenvalue weighted by Gasteiger charge is 2.37. The summed E-state index contributed by atoms with van der Waals surface area (Å²) in [5.41, 5.74) is 0. The molecule has 0 aromatic heterocycles. The molecule has 2 nitrogen and oxygen atoms in total. The zero-order valence-corrected chi connectivity index (χ0v) is 10.6. The molecule has 1 heterocycles. The van der Waals surface area contributed by atoms with Crippen LogP contribution in [0.25, 0.3) is 0 Å². The predicted molar refractivity (Wildman–Crippen MR) is 64.9 cm³/mol. The summed E-state index contributed by atoms with van der Waals surface area (Å²) in [5, 5.41) is 9.89. The largest absolute Gasteiger partial charge is 0.390 e. The molecule has 3 heteroatoms. The lowest BCUT2D eigenvalue weighted by molar-refractivity contribution is 0.0150. The summed E-state index contributed by atoms with van der Waals surface area (Å²) < 4.78 is 5.72. The normalized spacial score (nSPS) is 38.9. The number of rotatable bonds is 3. The van der Waals surface area contributed by atoms with Gasteiger partial charge in [0.1, 0.15) is 0 Å². The van der Waals surface area contributed by atoms with Gasteiger partial charge in [0, 0.05) is 5.92 Å². The van der Waals surface area contributed by atoms with Crippen molar-refractivity contribution in [2.75, 3.05) is 19.5 Å². The Morgan fingerprint density at radius 2 is 1.93 bits per heavy atom. The average Bonchev–Trinajstić information content (AvgIpc) is 2.28. The van der Waals surface area contributed by atoms with Gasteiger partial charge in [-0.05, 0) is 32.8 Å². The van der Waals surface area contributed by atoms with Crippen molar-refractivity contribution >= 4 is 13.2 Å². The van der Waals surface area contributed by atoms with E-state index in [1.165, 1.54) is 0 Å². The SMILES string of the molecule is C=P(C)(C)CC[C@H]1O[C@@H](C)C(C)[C@@H]1O. The van der Waals surface area contributed by atoms with E-state index < -0.39 is 6.89 Å².